The minimum Gasteiger partial charge on any atom is -0.431 e. The van der Waals surface area contributed by atoms with E-state index in [4.69, 9.17) is 17.7 Å². The summed E-state index contributed by atoms with van der Waals surface area (Å²) in [5, 5.41) is 16.2. The molecule has 1 aliphatic carbocycles. The molecule has 2 aromatic carbocycles. The van der Waals surface area contributed by atoms with Crippen molar-refractivity contribution < 1.29 is 30.9 Å². The van der Waals surface area contributed by atoms with Crippen molar-refractivity contribution in [2.24, 2.45) is 5.92 Å². The second-order valence-electron chi connectivity index (χ2n) is 8.94. The van der Waals surface area contributed by atoms with Gasteiger partial charge in [0.05, 0.1) is 16.8 Å². The van der Waals surface area contributed by atoms with E-state index in [0.29, 0.717) is 11.2 Å². The highest BCUT2D eigenvalue weighted by Crippen LogP contribution is 2.35. The van der Waals surface area contributed by atoms with Crippen molar-refractivity contribution in [2.75, 3.05) is 6.54 Å². The number of rotatable bonds is 11. The lowest BCUT2D eigenvalue weighted by Gasteiger charge is -2.18. The summed E-state index contributed by atoms with van der Waals surface area (Å²) >= 11 is 1.57. The Morgan fingerprint density at radius 2 is 1.87 bits per heavy atom. The molecule has 2 aromatic heterocycles. The zero-order chi connectivity index (χ0) is 27.9. The van der Waals surface area contributed by atoms with Gasteiger partial charge in [-0.25, -0.2) is 4.98 Å². The molecule has 1 aliphatic rings. The van der Waals surface area contributed by atoms with Crippen LogP contribution in [0.25, 0.3) is 10.2 Å². The molecule has 15 heteroatoms. The van der Waals surface area contributed by atoms with E-state index >= 15 is 0 Å². The predicted octanol–water partition coefficient (Wildman–Crippen LogP) is 4.86. The van der Waals surface area contributed by atoms with Crippen molar-refractivity contribution in [3.63, 3.8) is 0 Å². The smallest absolute Gasteiger partial charge is 0.431 e. The Balaban J connectivity index is 0.000000386. The number of hydrogen-bond acceptors (Lipinski definition) is 9. The number of ether oxygens (including phenoxy) is 1. The van der Waals surface area contributed by atoms with Gasteiger partial charge in [0.2, 0.25) is 0 Å². The van der Waals surface area contributed by atoms with Crippen LogP contribution in [-0.2, 0) is 23.1 Å². The third-order valence-electron chi connectivity index (χ3n) is 5.96. The highest BCUT2D eigenvalue weighted by atomic mass is 32.2. The summed E-state index contributed by atoms with van der Waals surface area (Å²) in [5.41, 5.74) is -3.21. The lowest BCUT2D eigenvalue weighted by Crippen LogP contribution is -2.33. The van der Waals surface area contributed by atoms with E-state index in [9.17, 15) is 13.2 Å². The zero-order valence-electron chi connectivity index (χ0n) is 20.7. The number of aryl methyl sites for hydroxylation is 2. The second-order valence-corrected chi connectivity index (χ2v) is 11.3. The van der Waals surface area contributed by atoms with E-state index in [1.807, 2.05) is 30.3 Å². The number of para-hydroxylation sites is 1. The van der Waals surface area contributed by atoms with E-state index in [-0.39, 0.29) is 0 Å². The molecule has 0 saturated heterocycles. The highest BCUT2D eigenvalue weighted by molar-refractivity contribution is 7.86. The van der Waals surface area contributed by atoms with Crippen molar-refractivity contribution in [3.8, 4) is 10.9 Å². The maximum Gasteiger partial charge on any atom is 0.522 e. The van der Waals surface area contributed by atoms with Gasteiger partial charge in [0, 0.05) is 6.04 Å². The molecular formula is C24H27F3N6O4S2. The Kier molecular flexibility index (Phi) is 9.48. The lowest BCUT2D eigenvalue weighted by atomic mass is 10.0. The average molecular weight is 585 g/mol. The summed E-state index contributed by atoms with van der Waals surface area (Å²) in [6.07, 6.45) is 7.41. The Labute approximate surface area is 227 Å². The van der Waals surface area contributed by atoms with E-state index in [1.165, 1.54) is 24.7 Å². The fourth-order valence-electron chi connectivity index (χ4n) is 3.84. The summed E-state index contributed by atoms with van der Waals surface area (Å²) in [6, 6.07) is 17.1. The molecule has 0 bridgehead atoms. The predicted molar refractivity (Wildman–Crippen MR) is 139 cm³/mol. The normalized spacial score (nSPS) is 14.6. The number of thiazole rings is 1. The van der Waals surface area contributed by atoms with E-state index in [0.717, 1.165) is 54.2 Å². The first kappa shape index (κ1) is 28.9. The van der Waals surface area contributed by atoms with Gasteiger partial charge in [0.1, 0.15) is 5.75 Å². The molecule has 2 N–H and O–H groups in total. The fraction of sp³-hybridized carbons (Fsp3) is 0.417. The summed E-state index contributed by atoms with van der Waals surface area (Å²) in [6.45, 7) is 1.79. The first-order valence-electron chi connectivity index (χ1n) is 12.2. The van der Waals surface area contributed by atoms with Crippen molar-refractivity contribution >= 4 is 31.7 Å². The van der Waals surface area contributed by atoms with Crippen LogP contribution in [0, 0.1) is 5.92 Å². The number of fused-ring (bicyclic) bond motifs is 1. The molecule has 1 atom stereocenters. The second kappa shape index (κ2) is 12.8. The number of benzene rings is 2. The third kappa shape index (κ3) is 8.95. The average Bonchev–Trinajstić information content (AvgIpc) is 3.43. The van der Waals surface area contributed by atoms with Gasteiger partial charge in [-0.05, 0) is 79.6 Å². The van der Waals surface area contributed by atoms with Crippen molar-refractivity contribution in [1.29, 1.82) is 0 Å². The van der Waals surface area contributed by atoms with Gasteiger partial charge in [0.15, 0.2) is 6.33 Å². The third-order valence-corrected chi connectivity index (χ3v) is 7.46. The Morgan fingerprint density at radius 3 is 2.49 bits per heavy atom. The molecule has 210 valence electrons. The van der Waals surface area contributed by atoms with Crippen LogP contribution < -0.4 is 10.1 Å². The van der Waals surface area contributed by atoms with Gasteiger partial charge in [-0.1, -0.05) is 35.6 Å². The largest absolute Gasteiger partial charge is 0.522 e. The summed E-state index contributed by atoms with van der Waals surface area (Å²) in [4.78, 5) is 6.19. The standard InChI is InChI=1S/C23H26N6OS.CHF3O3S/c1-2-5-22-21(4-1)27-23(31-22)30-19-11-6-17(7-12-19)8-13-20(18-9-10-18)24-14-3-15-29-26-16-25-28-29;2-1(3,4)8(5,6)7/h1-2,4-7,11-12,16,18,20,24H,3,8-10,13-15H2;(H,5,6,7). The number of nitrogens with one attached hydrogen (secondary N) is 1. The summed E-state index contributed by atoms with van der Waals surface area (Å²) in [7, 11) is -5.84. The number of alkyl halides is 3. The first-order chi connectivity index (χ1) is 18.6. The first-order valence-corrected chi connectivity index (χ1v) is 14.4. The van der Waals surface area contributed by atoms with Crippen LogP contribution >= 0.6 is 11.3 Å². The molecular weight excluding hydrogens is 557 g/mol. The van der Waals surface area contributed by atoms with Gasteiger partial charge in [-0.3, -0.25) is 4.55 Å². The number of aromatic nitrogens is 5. The van der Waals surface area contributed by atoms with E-state index < -0.39 is 15.6 Å². The van der Waals surface area contributed by atoms with Gasteiger partial charge in [-0.2, -0.15) is 26.4 Å². The van der Waals surface area contributed by atoms with Gasteiger partial charge in [0.25, 0.3) is 5.19 Å². The minimum absolute atomic E-state index is 0.586. The van der Waals surface area contributed by atoms with Crippen LogP contribution in [0.3, 0.4) is 0 Å². The van der Waals surface area contributed by atoms with Crippen molar-refractivity contribution in [3.05, 3.63) is 60.4 Å². The van der Waals surface area contributed by atoms with E-state index in [1.54, 1.807) is 16.1 Å². The molecule has 39 heavy (non-hydrogen) atoms. The van der Waals surface area contributed by atoms with Gasteiger partial charge >= 0.3 is 15.6 Å². The minimum atomic E-state index is -5.84. The van der Waals surface area contributed by atoms with Crippen LogP contribution in [-0.4, -0.2) is 56.3 Å². The number of nitrogens with zero attached hydrogens (tertiary/aromatic N) is 5. The SMILES string of the molecule is O=S(=O)(O)C(F)(F)F.c1ccc2sc(Oc3ccc(CCC(NCCCn4ncnn4)C4CC4)cc3)nc2c1. The van der Waals surface area contributed by atoms with Crippen LogP contribution in [0.1, 0.15) is 31.2 Å². The van der Waals surface area contributed by atoms with Crippen LogP contribution in [0.15, 0.2) is 54.9 Å². The zero-order valence-corrected chi connectivity index (χ0v) is 22.3. The molecule has 5 rings (SSSR count). The van der Waals surface area contributed by atoms with Crippen molar-refractivity contribution in [2.45, 2.75) is 50.2 Å². The molecule has 1 unspecified atom stereocenters. The fourth-order valence-corrected chi connectivity index (χ4v) is 4.68. The van der Waals surface area contributed by atoms with Crippen molar-refractivity contribution in [1.82, 2.24) is 30.5 Å². The molecule has 0 aliphatic heterocycles. The Bertz CT molecular complexity index is 1390. The monoisotopic (exact) mass is 584 g/mol. The number of halogens is 3. The Morgan fingerprint density at radius 1 is 1.15 bits per heavy atom. The molecule has 0 amide bonds. The van der Waals surface area contributed by atoms with Gasteiger partial charge < -0.3 is 10.1 Å². The summed E-state index contributed by atoms with van der Waals surface area (Å²) < 4.78 is 64.7. The summed E-state index contributed by atoms with van der Waals surface area (Å²) in [5.74, 6) is 1.66. The van der Waals surface area contributed by atoms with Gasteiger partial charge in [-0.15, -0.1) is 10.2 Å². The van der Waals surface area contributed by atoms with Crippen LogP contribution in [0.5, 0.6) is 10.9 Å². The molecule has 10 nitrogen and oxygen atoms in total. The quantitative estimate of drug-likeness (QED) is 0.144. The highest BCUT2D eigenvalue weighted by Gasteiger charge is 2.44. The van der Waals surface area contributed by atoms with Crippen LogP contribution in [0.4, 0.5) is 13.2 Å². The maximum absolute atomic E-state index is 10.7. The van der Waals surface area contributed by atoms with E-state index in [2.05, 4.69) is 43.9 Å². The number of tetrazole rings is 1. The van der Waals surface area contributed by atoms with Crippen LogP contribution in [0.2, 0.25) is 0 Å². The lowest BCUT2D eigenvalue weighted by molar-refractivity contribution is -0.0510. The molecule has 1 saturated carbocycles. The topological polar surface area (TPSA) is 132 Å². The maximum atomic E-state index is 10.7. The molecule has 0 radical (unpaired) electrons. The Hall–Kier alpha value is -3.14. The molecule has 4 aromatic rings. The molecule has 1 fully saturated rings. The molecule has 2 heterocycles. The molecule has 0 spiro atoms. The number of hydrogen-bond donors (Lipinski definition) is 2.